The number of hydrogen-bond acceptors (Lipinski definition) is 4. The fourth-order valence-electron chi connectivity index (χ4n) is 4.35. The smallest absolute Gasteiger partial charge is 0.416 e. The summed E-state index contributed by atoms with van der Waals surface area (Å²) >= 11 is 0. The molecule has 1 unspecified atom stereocenters. The minimum atomic E-state index is -4.55. The lowest BCUT2D eigenvalue weighted by Gasteiger charge is -2.21. The predicted octanol–water partition coefficient (Wildman–Crippen LogP) is 6.38. The van der Waals surface area contributed by atoms with Crippen LogP contribution in [-0.4, -0.2) is 7.11 Å². The van der Waals surface area contributed by atoms with Crippen LogP contribution in [0.2, 0.25) is 0 Å². The van der Waals surface area contributed by atoms with Crippen LogP contribution in [-0.2, 0) is 6.18 Å². The lowest BCUT2D eigenvalue weighted by molar-refractivity contribution is -0.137. The molecule has 0 saturated heterocycles. The third-order valence-electron chi connectivity index (χ3n) is 5.94. The van der Waals surface area contributed by atoms with E-state index in [0.29, 0.717) is 27.8 Å². The van der Waals surface area contributed by atoms with Gasteiger partial charge in [0.05, 0.1) is 41.2 Å². The molecule has 4 nitrogen and oxygen atoms in total. The van der Waals surface area contributed by atoms with Gasteiger partial charge in [-0.25, -0.2) is 0 Å². The summed E-state index contributed by atoms with van der Waals surface area (Å²) < 4.78 is 52.1. The molecule has 1 aliphatic carbocycles. The number of benzene rings is 3. The van der Waals surface area contributed by atoms with Crippen molar-refractivity contribution in [3.63, 3.8) is 0 Å². The molecule has 0 spiro atoms. The van der Waals surface area contributed by atoms with Crippen LogP contribution in [0.4, 0.5) is 13.2 Å². The molecule has 0 radical (unpaired) electrons. The van der Waals surface area contributed by atoms with Gasteiger partial charge < -0.3 is 9.15 Å². The van der Waals surface area contributed by atoms with E-state index < -0.39 is 17.7 Å². The van der Waals surface area contributed by atoms with E-state index in [4.69, 9.17) is 9.15 Å². The molecule has 0 bridgehead atoms. The Morgan fingerprint density at radius 2 is 1.82 bits per heavy atom. The highest BCUT2D eigenvalue weighted by Crippen LogP contribution is 2.44. The molecule has 0 N–H and O–H groups in total. The van der Waals surface area contributed by atoms with Gasteiger partial charge in [0.2, 0.25) is 0 Å². The van der Waals surface area contributed by atoms with Gasteiger partial charge in [-0.15, -0.1) is 0 Å². The number of alkyl halides is 3. The zero-order chi connectivity index (χ0) is 24.0. The third kappa shape index (κ3) is 3.44. The van der Waals surface area contributed by atoms with Crippen molar-refractivity contribution >= 4 is 22.6 Å². The predicted molar refractivity (Wildman–Crippen MR) is 121 cm³/mol. The molecule has 1 atom stereocenters. The van der Waals surface area contributed by atoms with E-state index in [1.54, 1.807) is 48.5 Å². The van der Waals surface area contributed by atoms with E-state index in [9.17, 15) is 23.2 Å². The normalized spacial score (nSPS) is 15.0. The summed E-state index contributed by atoms with van der Waals surface area (Å²) in [6, 6.07) is 18.7. The monoisotopic (exact) mass is 459 g/mol. The number of para-hydroxylation sites is 1. The molecule has 168 valence electrons. The van der Waals surface area contributed by atoms with Gasteiger partial charge in [-0.2, -0.15) is 18.4 Å². The van der Waals surface area contributed by atoms with Crippen LogP contribution in [0.15, 0.2) is 75.9 Å². The molecule has 4 aromatic rings. The molecular weight excluding hydrogens is 443 g/mol. The van der Waals surface area contributed by atoms with Gasteiger partial charge >= 0.3 is 6.18 Å². The number of rotatable bonds is 2. The van der Waals surface area contributed by atoms with Crippen molar-refractivity contribution < 1.29 is 22.3 Å². The lowest BCUT2D eigenvalue weighted by Crippen LogP contribution is -2.14. The van der Waals surface area contributed by atoms with Crippen molar-refractivity contribution in [2.45, 2.75) is 12.1 Å². The fraction of sp³-hybridized carbons (Fsp3) is 0.111. The maximum Gasteiger partial charge on any atom is 0.416 e. The zero-order valence-corrected chi connectivity index (χ0v) is 17.8. The first-order chi connectivity index (χ1) is 16.3. The summed E-state index contributed by atoms with van der Waals surface area (Å²) in [6.45, 7) is 0. The number of fused-ring (bicyclic) bond motifs is 3. The molecule has 7 heteroatoms. The van der Waals surface area contributed by atoms with E-state index in [2.05, 4.69) is 6.07 Å². The first-order valence-electron chi connectivity index (χ1n) is 10.3. The number of ether oxygens (including phenoxy) is 1. The molecule has 34 heavy (non-hydrogen) atoms. The Balaban J connectivity index is 1.91. The SMILES string of the molecule is COc1ccc2c(c1)C(C#N)=Cc1c(oc3ccccc3c1=O)C2c1cccc(C(F)(F)F)c1. The Morgan fingerprint density at radius 3 is 2.56 bits per heavy atom. The largest absolute Gasteiger partial charge is 0.497 e. The van der Waals surface area contributed by atoms with Gasteiger partial charge in [0, 0.05) is 5.56 Å². The van der Waals surface area contributed by atoms with E-state index in [0.717, 1.165) is 12.1 Å². The number of nitrogens with zero attached hydrogens (tertiary/aromatic N) is 1. The van der Waals surface area contributed by atoms with Crippen molar-refractivity contribution in [1.29, 1.82) is 5.26 Å². The highest BCUT2D eigenvalue weighted by atomic mass is 19.4. The van der Waals surface area contributed by atoms with Crippen molar-refractivity contribution in [3.05, 3.63) is 111 Å². The fourth-order valence-corrected chi connectivity index (χ4v) is 4.35. The van der Waals surface area contributed by atoms with Crippen molar-refractivity contribution in [3.8, 4) is 11.8 Å². The standard InChI is InChI=1S/C27H16F3NO3/c1-33-18-9-10-19-21(13-18)16(14-31)12-22-25(32)20-7-2-3-8-23(20)34-26(22)24(19)15-5-4-6-17(11-15)27(28,29)30/h2-13,24H,1H3. The molecule has 3 aromatic carbocycles. The zero-order valence-electron chi connectivity index (χ0n) is 17.8. The molecule has 5 rings (SSSR count). The Bertz CT molecular complexity index is 1580. The van der Waals surface area contributed by atoms with Gasteiger partial charge in [0.25, 0.3) is 0 Å². The molecule has 0 aliphatic heterocycles. The number of hydrogen-bond donors (Lipinski definition) is 0. The molecule has 0 saturated carbocycles. The maximum absolute atomic E-state index is 13.6. The summed E-state index contributed by atoms with van der Waals surface area (Å²) in [4.78, 5) is 13.4. The summed E-state index contributed by atoms with van der Waals surface area (Å²) in [7, 11) is 1.48. The highest BCUT2D eigenvalue weighted by Gasteiger charge is 2.34. The van der Waals surface area contributed by atoms with E-state index >= 15 is 0 Å². The molecule has 1 aliphatic rings. The third-order valence-corrected chi connectivity index (χ3v) is 5.94. The van der Waals surface area contributed by atoms with Crippen LogP contribution in [0.1, 0.15) is 39.5 Å². The molecule has 0 fully saturated rings. The van der Waals surface area contributed by atoms with E-state index in [1.165, 1.54) is 19.3 Å². The number of allylic oxidation sites excluding steroid dienone is 1. The summed E-state index contributed by atoms with van der Waals surface area (Å²) in [5.74, 6) is -0.213. The Morgan fingerprint density at radius 1 is 1.03 bits per heavy atom. The Labute approximate surface area is 192 Å². The Hall–Kier alpha value is -4.31. The van der Waals surface area contributed by atoms with Gasteiger partial charge in [0.1, 0.15) is 17.1 Å². The summed E-state index contributed by atoms with van der Waals surface area (Å²) in [5, 5.41) is 10.2. The first-order valence-corrected chi connectivity index (χ1v) is 10.3. The number of halogens is 3. The maximum atomic E-state index is 13.6. The minimum absolute atomic E-state index is 0.132. The molecule has 1 aromatic heterocycles. The van der Waals surface area contributed by atoms with Gasteiger partial charge in [-0.1, -0.05) is 36.4 Å². The second-order valence-corrected chi connectivity index (χ2v) is 7.88. The quantitative estimate of drug-likeness (QED) is 0.349. The second-order valence-electron chi connectivity index (χ2n) is 7.88. The van der Waals surface area contributed by atoms with Crippen LogP contribution in [0.3, 0.4) is 0 Å². The minimum Gasteiger partial charge on any atom is -0.497 e. The summed E-state index contributed by atoms with van der Waals surface area (Å²) in [6.07, 6.45) is -3.11. The van der Waals surface area contributed by atoms with Crippen molar-refractivity contribution in [2.75, 3.05) is 7.11 Å². The van der Waals surface area contributed by atoms with Crippen LogP contribution in [0.25, 0.3) is 22.6 Å². The Kier molecular flexibility index (Phi) is 5.02. The average Bonchev–Trinajstić information content (AvgIpc) is 2.97. The topological polar surface area (TPSA) is 63.2 Å². The van der Waals surface area contributed by atoms with Crippen LogP contribution >= 0.6 is 0 Å². The van der Waals surface area contributed by atoms with Crippen LogP contribution in [0.5, 0.6) is 5.75 Å². The van der Waals surface area contributed by atoms with Crippen LogP contribution < -0.4 is 10.2 Å². The second kappa shape index (κ2) is 7.92. The van der Waals surface area contributed by atoms with Gasteiger partial charge in [-0.3, -0.25) is 4.79 Å². The molecule has 1 heterocycles. The van der Waals surface area contributed by atoms with Crippen molar-refractivity contribution in [2.24, 2.45) is 0 Å². The average molecular weight is 459 g/mol. The number of nitriles is 1. The number of methoxy groups -OCH3 is 1. The van der Waals surface area contributed by atoms with Crippen LogP contribution in [0, 0.1) is 11.3 Å². The van der Waals surface area contributed by atoms with E-state index in [1.807, 2.05) is 0 Å². The van der Waals surface area contributed by atoms with Gasteiger partial charge in [0.15, 0.2) is 5.43 Å². The van der Waals surface area contributed by atoms with E-state index in [-0.39, 0.29) is 27.9 Å². The molecule has 0 amide bonds. The van der Waals surface area contributed by atoms with Gasteiger partial charge in [-0.05, 0) is 47.5 Å². The molecular formula is C27H16F3NO3. The lowest BCUT2D eigenvalue weighted by atomic mass is 9.84. The first kappa shape index (κ1) is 21.5. The summed E-state index contributed by atoms with van der Waals surface area (Å²) in [5.41, 5.74) is 0.730. The highest BCUT2D eigenvalue weighted by molar-refractivity contribution is 5.95. The van der Waals surface area contributed by atoms with Crippen molar-refractivity contribution in [1.82, 2.24) is 0 Å².